The molecule has 1 aromatic heterocycles. The van der Waals surface area contributed by atoms with E-state index in [9.17, 15) is 14.4 Å². The number of allylic oxidation sites excluding steroid dienone is 1. The Labute approximate surface area is 287 Å². The van der Waals surface area contributed by atoms with Crippen molar-refractivity contribution in [3.8, 4) is 11.5 Å². The van der Waals surface area contributed by atoms with Crippen molar-refractivity contribution in [3.05, 3.63) is 82.8 Å². The van der Waals surface area contributed by atoms with Gasteiger partial charge >= 0.3 is 0 Å². The summed E-state index contributed by atoms with van der Waals surface area (Å²) in [5, 5.41) is 2.91. The second-order valence-electron chi connectivity index (χ2n) is 12.3. The van der Waals surface area contributed by atoms with Crippen LogP contribution in [-0.2, 0) is 18.4 Å². The average Bonchev–Trinajstić information content (AvgIpc) is 3.45. The molecular weight excluding hydrogens is 622 g/mol. The van der Waals surface area contributed by atoms with Crippen molar-refractivity contribution in [2.24, 2.45) is 12.8 Å². The molecule has 1 aliphatic rings. The Bertz CT molecular complexity index is 1870. The first-order valence-electron chi connectivity index (χ1n) is 16.5. The first-order chi connectivity index (χ1) is 23.6. The number of aromatic nitrogens is 2. The van der Waals surface area contributed by atoms with Crippen LogP contribution in [0.1, 0.15) is 51.4 Å². The lowest BCUT2D eigenvalue weighted by Gasteiger charge is -2.34. The number of anilines is 2. The number of piperazine rings is 1. The Kier molecular flexibility index (Phi) is 11.4. The monoisotopic (exact) mass is 667 g/mol. The number of methoxy groups -OCH3 is 1. The predicted molar refractivity (Wildman–Crippen MR) is 191 cm³/mol. The fraction of sp³-hybridized carbons (Fsp3) is 0.378. The maximum atomic E-state index is 13.7. The van der Waals surface area contributed by atoms with Crippen LogP contribution in [0.15, 0.2) is 60.3 Å². The Morgan fingerprint density at radius 1 is 1.02 bits per heavy atom. The van der Waals surface area contributed by atoms with Crippen molar-refractivity contribution in [2.45, 2.75) is 32.7 Å². The fourth-order valence-electron chi connectivity index (χ4n) is 5.99. The van der Waals surface area contributed by atoms with Crippen molar-refractivity contribution in [1.29, 1.82) is 0 Å². The number of nitrogens with one attached hydrogen (secondary N) is 1. The van der Waals surface area contributed by atoms with Crippen LogP contribution in [0.4, 0.5) is 11.4 Å². The van der Waals surface area contributed by atoms with Gasteiger partial charge < -0.3 is 39.8 Å². The van der Waals surface area contributed by atoms with E-state index >= 15 is 0 Å². The van der Waals surface area contributed by atoms with Gasteiger partial charge in [0.2, 0.25) is 0 Å². The number of unbranched alkanes of at least 4 members (excludes halogenated alkanes) is 1. The molecule has 49 heavy (non-hydrogen) atoms. The van der Waals surface area contributed by atoms with Crippen LogP contribution in [0.3, 0.4) is 0 Å². The molecule has 0 aliphatic carbocycles. The summed E-state index contributed by atoms with van der Waals surface area (Å²) < 4.78 is 13.6. The zero-order chi connectivity index (χ0) is 35.1. The molecule has 258 valence electrons. The third-order valence-electron chi connectivity index (χ3n) is 8.98. The quantitative estimate of drug-likeness (QED) is 0.157. The largest absolute Gasteiger partial charge is 0.495 e. The third kappa shape index (κ3) is 7.94. The number of hydrogen-bond acceptors (Lipinski definition) is 9. The highest BCUT2D eigenvalue weighted by Gasteiger charge is 2.22. The van der Waals surface area contributed by atoms with Crippen LogP contribution in [0, 0.1) is 6.92 Å². The molecule has 0 atom stereocenters. The summed E-state index contributed by atoms with van der Waals surface area (Å²) >= 11 is 0. The molecule has 1 aliphatic heterocycles. The van der Waals surface area contributed by atoms with Crippen molar-refractivity contribution in [1.82, 2.24) is 19.4 Å². The zero-order valence-electron chi connectivity index (χ0n) is 28.9. The van der Waals surface area contributed by atoms with E-state index in [4.69, 9.17) is 15.2 Å². The van der Waals surface area contributed by atoms with Crippen LogP contribution in [0.2, 0.25) is 0 Å². The van der Waals surface area contributed by atoms with Gasteiger partial charge in [-0.3, -0.25) is 9.59 Å². The molecule has 0 spiro atoms. The molecule has 3 aromatic carbocycles. The first-order valence-corrected chi connectivity index (χ1v) is 16.5. The average molecular weight is 668 g/mol. The summed E-state index contributed by atoms with van der Waals surface area (Å²) in [5.41, 5.74) is 10.7. The number of nitrogens with zero attached hydrogens (tertiary/aromatic N) is 5. The first kappa shape index (κ1) is 35.2. The number of likely N-dealkylation sites (N-methyl/N-ethyl adjacent to an activating group) is 1. The molecular formula is C37H45N7O5. The van der Waals surface area contributed by atoms with Crippen LogP contribution >= 0.6 is 0 Å². The molecule has 0 bridgehead atoms. The predicted octanol–water partition coefficient (Wildman–Crippen LogP) is 4.39. The second-order valence-corrected chi connectivity index (χ2v) is 12.3. The van der Waals surface area contributed by atoms with Gasteiger partial charge in [-0.2, -0.15) is 0 Å². The van der Waals surface area contributed by atoms with E-state index in [1.807, 2.05) is 42.8 Å². The number of imidazole rings is 1. The molecule has 12 heteroatoms. The molecule has 3 N–H and O–H groups in total. The molecule has 2 amide bonds. The lowest BCUT2D eigenvalue weighted by molar-refractivity contribution is 0.0990. The van der Waals surface area contributed by atoms with E-state index in [0.717, 1.165) is 55.8 Å². The molecule has 0 radical (unpaired) electrons. The van der Waals surface area contributed by atoms with Crippen LogP contribution in [0.25, 0.3) is 11.0 Å². The summed E-state index contributed by atoms with van der Waals surface area (Å²) in [6, 6.07) is 16.0. The van der Waals surface area contributed by atoms with Gasteiger partial charge in [0.1, 0.15) is 28.8 Å². The summed E-state index contributed by atoms with van der Waals surface area (Å²) in [6.45, 7) is 6.21. The number of fused-ring (bicyclic) bond motifs is 1. The molecule has 5 rings (SSSR count). The van der Waals surface area contributed by atoms with Gasteiger partial charge in [-0.25, -0.2) is 9.78 Å². The number of carbonyl (C=O) groups is 2. The standard InChI is InChI=1S/C37H45N7O5/c1-25-12-15-30(33(21-25)49-20-7-6-9-27(24-45)44-18-16-41(2)17-19-44)43(4)37(47)26-13-14-29(32(22-26)48-5)39-36(46)28-10-8-11-31-35(28)40-34(23-38)42(31)3/h8,10-15,21-22H,6-7,9,16-20,23,38H2,1-5H3,(H,39,46). The topological polar surface area (TPSA) is 135 Å². The lowest BCUT2D eigenvalue weighted by Crippen LogP contribution is -2.44. The fourth-order valence-corrected chi connectivity index (χ4v) is 5.99. The summed E-state index contributed by atoms with van der Waals surface area (Å²) in [7, 11) is 7.13. The SMILES string of the molecule is COc1cc(C(=O)N(C)c2ccc(C)cc2OCCCCC(=C=O)N2CCN(C)CC2)ccc1NC(=O)c1cccc2c1nc(CN)n2C. The number of ether oxygens (including phenoxy) is 2. The minimum atomic E-state index is -0.360. The van der Waals surface area contributed by atoms with E-state index < -0.39 is 0 Å². The van der Waals surface area contributed by atoms with E-state index in [1.54, 1.807) is 42.3 Å². The number of nitrogens with two attached hydrogens (primary N) is 1. The molecule has 1 saturated heterocycles. The molecule has 0 saturated carbocycles. The van der Waals surface area contributed by atoms with Gasteiger partial charge in [0.15, 0.2) is 0 Å². The highest BCUT2D eigenvalue weighted by molar-refractivity contribution is 6.12. The van der Waals surface area contributed by atoms with Gasteiger partial charge in [0.05, 0.1) is 48.4 Å². The number of carbonyl (C=O) groups excluding carboxylic acids is 3. The van der Waals surface area contributed by atoms with E-state index in [1.165, 1.54) is 7.11 Å². The lowest BCUT2D eigenvalue weighted by atomic mass is 10.1. The molecule has 12 nitrogen and oxygen atoms in total. The number of benzene rings is 3. The van der Waals surface area contributed by atoms with Crippen LogP contribution in [-0.4, -0.2) is 91.1 Å². The van der Waals surface area contributed by atoms with Gasteiger partial charge in [0.25, 0.3) is 11.8 Å². The number of amides is 2. The number of aryl methyl sites for hydroxylation is 2. The number of para-hydroxylation sites is 1. The highest BCUT2D eigenvalue weighted by Crippen LogP contribution is 2.32. The van der Waals surface area contributed by atoms with Gasteiger partial charge in [-0.15, -0.1) is 0 Å². The smallest absolute Gasteiger partial charge is 0.258 e. The molecule has 1 fully saturated rings. The van der Waals surface area contributed by atoms with Gasteiger partial charge in [-0.1, -0.05) is 12.1 Å². The summed E-state index contributed by atoms with van der Waals surface area (Å²) in [6.07, 6.45) is 2.20. The Hall–Kier alpha value is -5.16. The van der Waals surface area contributed by atoms with Crippen molar-refractivity contribution < 1.29 is 23.9 Å². The maximum absolute atomic E-state index is 13.7. The van der Waals surface area contributed by atoms with E-state index in [0.29, 0.717) is 58.4 Å². The zero-order valence-corrected chi connectivity index (χ0v) is 28.9. The van der Waals surface area contributed by atoms with E-state index in [-0.39, 0.29) is 18.4 Å². The highest BCUT2D eigenvalue weighted by atomic mass is 16.5. The number of hydrogen-bond donors (Lipinski definition) is 2. The Morgan fingerprint density at radius 3 is 2.51 bits per heavy atom. The third-order valence-corrected chi connectivity index (χ3v) is 8.98. The van der Waals surface area contributed by atoms with Crippen LogP contribution < -0.4 is 25.4 Å². The second kappa shape index (κ2) is 15.8. The molecule has 0 unspecified atom stereocenters. The van der Waals surface area contributed by atoms with Gasteiger partial charge in [-0.05, 0) is 81.3 Å². The van der Waals surface area contributed by atoms with Gasteiger partial charge in [0, 0.05) is 45.8 Å². The van der Waals surface area contributed by atoms with Crippen molar-refractivity contribution in [2.75, 3.05) is 64.2 Å². The number of rotatable bonds is 13. The van der Waals surface area contributed by atoms with Crippen LogP contribution in [0.5, 0.6) is 11.5 Å². The van der Waals surface area contributed by atoms with Crippen molar-refractivity contribution in [3.63, 3.8) is 0 Å². The molecule has 4 aromatic rings. The minimum absolute atomic E-state index is 0.249. The van der Waals surface area contributed by atoms with E-state index in [2.05, 4.69) is 33.1 Å². The Morgan fingerprint density at radius 2 is 1.80 bits per heavy atom. The normalized spacial score (nSPS) is 13.2. The maximum Gasteiger partial charge on any atom is 0.258 e. The van der Waals surface area contributed by atoms with Crippen molar-refractivity contribution >= 4 is 40.2 Å². The Balaban J connectivity index is 1.24. The summed E-state index contributed by atoms with van der Waals surface area (Å²) in [4.78, 5) is 49.2. The minimum Gasteiger partial charge on any atom is -0.495 e. The summed E-state index contributed by atoms with van der Waals surface area (Å²) in [5.74, 6) is 3.12. The molecule has 2 heterocycles.